The maximum atomic E-state index is 12.8. The second kappa shape index (κ2) is 6.72. The van der Waals surface area contributed by atoms with Gasteiger partial charge in [-0.25, -0.2) is 0 Å². The van der Waals surface area contributed by atoms with E-state index in [9.17, 15) is 4.79 Å². The van der Waals surface area contributed by atoms with Gasteiger partial charge in [-0.05, 0) is 50.6 Å². The van der Waals surface area contributed by atoms with Crippen LogP contribution in [0.25, 0.3) is 0 Å². The summed E-state index contributed by atoms with van der Waals surface area (Å²) in [4.78, 5) is 12.8. The smallest absolute Gasteiger partial charge is 0.143 e. The number of ketones is 1. The van der Waals surface area contributed by atoms with Gasteiger partial charge in [0.15, 0.2) is 0 Å². The largest absolute Gasteiger partial charge is 0.496 e. The summed E-state index contributed by atoms with van der Waals surface area (Å²) in [5, 5.41) is 3.34. The first-order valence-corrected chi connectivity index (χ1v) is 7.97. The number of rotatable bonds is 5. The Balaban J connectivity index is 2.20. The fraction of sp³-hybridized carbons (Fsp3) is 0.562. The summed E-state index contributed by atoms with van der Waals surface area (Å²) in [6.07, 6.45) is 3.26. The lowest BCUT2D eigenvalue weighted by atomic mass is 9.71. The monoisotopic (exact) mass is 339 g/mol. The number of piperidine rings is 1. The molecule has 3 nitrogen and oxygen atoms in total. The Morgan fingerprint density at radius 1 is 1.40 bits per heavy atom. The van der Waals surface area contributed by atoms with E-state index in [0.29, 0.717) is 12.2 Å². The number of nitrogens with one attached hydrogen (secondary N) is 1. The third-order valence-electron chi connectivity index (χ3n) is 4.42. The van der Waals surface area contributed by atoms with Gasteiger partial charge in [-0.3, -0.25) is 4.79 Å². The Hall–Kier alpha value is -0.870. The SMILES string of the molecule is CCC1(C(=O)Cc2cc(Br)ccc2OC)CCNCC1. The molecule has 1 aliphatic rings. The zero-order valence-electron chi connectivity index (χ0n) is 12.2. The van der Waals surface area contributed by atoms with Crippen molar-refractivity contribution in [1.82, 2.24) is 5.32 Å². The number of hydrogen-bond acceptors (Lipinski definition) is 3. The van der Waals surface area contributed by atoms with E-state index in [4.69, 9.17) is 4.74 Å². The highest BCUT2D eigenvalue weighted by Gasteiger charge is 2.37. The highest BCUT2D eigenvalue weighted by atomic mass is 79.9. The van der Waals surface area contributed by atoms with Gasteiger partial charge in [-0.1, -0.05) is 22.9 Å². The average Bonchev–Trinajstić information content (AvgIpc) is 2.48. The van der Waals surface area contributed by atoms with Crippen LogP contribution >= 0.6 is 15.9 Å². The number of halogens is 1. The van der Waals surface area contributed by atoms with Crippen LogP contribution in [0.2, 0.25) is 0 Å². The van der Waals surface area contributed by atoms with Crippen molar-refractivity contribution in [2.45, 2.75) is 32.6 Å². The molecule has 4 heteroatoms. The number of ether oxygens (including phenoxy) is 1. The maximum absolute atomic E-state index is 12.8. The first kappa shape index (κ1) is 15.5. The Kier molecular flexibility index (Phi) is 5.22. The van der Waals surface area contributed by atoms with E-state index >= 15 is 0 Å². The van der Waals surface area contributed by atoms with Crippen LogP contribution < -0.4 is 10.1 Å². The van der Waals surface area contributed by atoms with Crippen LogP contribution in [-0.4, -0.2) is 26.0 Å². The molecular formula is C16H22BrNO2. The van der Waals surface area contributed by atoms with Crippen LogP contribution in [0.4, 0.5) is 0 Å². The molecule has 0 unspecified atom stereocenters. The molecule has 0 bridgehead atoms. The molecule has 1 N–H and O–H groups in total. The summed E-state index contributed by atoms with van der Waals surface area (Å²) in [5.74, 6) is 1.14. The third kappa shape index (κ3) is 3.23. The Morgan fingerprint density at radius 2 is 2.10 bits per heavy atom. The molecule has 1 aliphatic heterocycles. The number of carbonyl (C=O) groups excluding carboxylic acids is 1. The van der Waals surface area contributed by atoms with Crippen LogP contribution in [0.5, 0.6) is 5.75 Å². The van der Waals surface area contributed by atoms with Crippen LogP contribution in [0.3, 0.4) is 0 Å². The molecule has 1 saturated heterocycles. The zero-order chi connectivity index (χ0) is 14.6. The standard InChI is InChI=1S/C16H22BrNO2/c1-3-16(6-8-18-9-7-16)15(19)11-12-10-13(17)4-5-14(12)20-2/h4-5,10,18H,3,6-9,11H2,1-2H3. The number of carbonyl (C=O) groups is 1. The summed E-state index contributed by atoms with van der Waals surface area (Å²) in [6, 6.07) is 5.84. The first-order valence-electron chi connectivity index (χ1n) is 7.18. The van der Waals surface area contributed by atoms with Crippen molar-refractivity contribution in [2.24, 2.45) is 5.41 Å². The second-order valence-corrected chi connectivity index (χ2v) is 6.36. The van der Waals surface area contributed by atoms with Gasteiger partial charge >= 0.3 is 0 Å². The molecule has 1 fully saturated rings. The molecule has 2 rings (SSSR count). The second-order valence-electron chi connectivity index (χ2n) is 5.44. The molecule has 0 radical (unpaired) electrons. The van der Waals surface area contributed by atoms with E-state index in [-0.39, 0.29) is 5.41 Å². The summed E-state index contributed by atoms with van der Waals surface area (Å²) in [5.41, 5.74) is 0.816. The van der Waals surface area contributed by atoms with E-state index in [1.807, 2.05) is 18.2 Å². The Labute approximate surface area is 129 Å². The summed E-state index contributed by atoms with van der Waals surface area (Å²) in [7, 11) is 1.65. The van der Waals surface area contributed by atoms with E-state index < -0.39 is 0 Å². The molecule has 1 aromatic rings. The van der Waals surface area contributed by atoms with Gasteiger partial charge in [-0.15, -0.1) is 0 Å². The van der Waals surface area contributed by atoms with Gasteiger partial charge in [0.25, 0.3) is 0 Å². The molecule has 20 heavy (non-hydrogen) atoms. The van der Waals surface area contributed by atoms with Gasteiger partial charge < -0.3 is 10.1 Å². The number of Topliss-reactive ketones (excluding diaryl/α,β-unsaturated/α-hetero) is 1. The van der Waals surface area contributed by atoms with Gasteiger partial charge in [0.2, 0.25) is 0 Å². The first-order chi connectivity index (χ1) is 9.61. The molecular weight excluding hydrogens is 318 g/mol. The summed E-state index contributed by atoms with van der Waals surface area (Å²) >= 11 is 3.47. The van der Waals surface area contributed by atoms with Crippen molar-refractivity contribution in [3.05, 3.63) is 28.2 Å². The van der Waals surface area contributed by atoms with Crippen molar-refractivity contribution < 1.29 is 9.53 Å². The molecule has 110 valence electrons. The molecule has 0 aromatic heterocycles. The molecule has 0 atom stereocenters. The third-order valence-corrected chi connectivity index (χ3v) is 4.92. The number of hydrogen-bond donors (Lipinski definition) is 1. The van der Waals surface area contributed by atoms with Crippen molar-refractivity contribution in [3.63, 3.8) is 0 Å². The number of methoxy groups -OCH3 is 1. The van der Waals surface area contributed by atoms with Crippen molar-refractivity contribution >= 4 is 21.7 Å². The van der Waals surface area contributed by atoms with Gasteiger partial charge in [0.1, 0.15) is 11.5 Å². The Morgan fingerprint density at radius 3 is 2.70 bits per heavy atom. The maximum Gasteiger partial charge on any atom is 0.143 e. The average molecular weight is 340 g/mol. The highest BCUT2D eigenvalue weighted by molar-refractivity contribution is 9.10. The minimum atomic E-state index is -0.154. The van der Waals surface area contributed by atoms with E-state index in [2.05, 4.69) is 28.2 Å². The fourth-order valence-electron chi connectivity index (χ4n) is 2.98. The van der Waals surface area contributed by atoms with Crippen molar-refractivity contribution in [1.29, 1.82) is 0 Å². The summed E-state index contributed by atoms with van der Waals surface area (Å²) < 4.78 is 6.35. The van der Waals surface area contributed by atoms with Gasteiger partial charge in [-0.2, -0.15) is 0 Å². The van der Waals surface area contributed by atoms with E-state index in [1.54, 1.807) is 7.11 Å². The molecule has 0 amide bonds. The molecule has 0 aliphatic carbocycles. The molecule has 0 saturated carbocycles. The van der Waals surface area contributed by atoms with Crippen LogP contribution in [-0.2, 0) is 11.2 Å². The minimum absolute atomic E-state index is 0.154. The summed E-state index contributed by atoms with van der Waals surface area (Å²) in [6.45, 7) is 4.01. The fourth-order valence-corrected chi connectivity index (χ4v) is 3.39. The van der Waals surface area contributed by atoms with E-state index in [0.717, 1.165) is 48.1 Å². The predicted molar refractivity (Wildman–Crippen MR) is 84.2 cm³/mol. The normalized spacial score (nSPS) is 17.8. The van der Waals surface area contributed by atoms with Crippen molar-refractivity contribution in [3.8, 4) is 5.75 Å². The minimum Gasteiger partial charge on any atom is -0.496 e. The topological polar surface area (TPSA) is 38.3 Å². The number of benzene rings is 1. The molecule has 0 spiro atoms. The van der Waals surface area contributed by atoms with Crippen LogP contribution in [0.15, 0.2) is 22.7 Å². The lowest BCUT2D eigenvalue weighted by molar-refractivity contribution is -0.129. The lowest BCUT2D eigenvalue weighted by Gasteiger charge is -2.35. The van der Waals surface area contributed by atoms with Crippen LogP contribution in [0, 0.1) is 5.41 Å². The lowest BCUT2D eigenvalue weighted by Crippen LogP contribution is -2.42. The molecule has 1 aromatic carbocycles. The predicted octanol–water partition coefficient (Wildman–Crippen LogP) is 3.35. The van der Waals surface area contributed by atoms with E-state index in [1.165, 1.54) is 0 Å². The quantitative estimate of drug-likeness (QED) is 0.893. The van der Waals surface area contributed by atoms with Crippen LogP contribution in [0.1, 0.15) is 31.7 Å². The van der Waals surface area contributed by atoms with Gasteiger partial charge in [0.05, 0.1) is 7.11 Å². The van der Waals surface area contributed by atoms with Gasteiger partial charge in [0, 0.05) is 21.9 Å². The van der Waals surface area contributed by atoms with Crippen molar-refractivity contribution in [2.75, 3.05) is 20.2 Å². The Bertz CT molecular complexity index is 481. The zero-order valence-corrected chi connectivity index (χ0v) is 13.8. The highest BCUT2D eigenvalue weighted by Crippen LogP contribution is 2.36. The molecule has 1 heterocycles.